The Morgan fingerprint density at radius 3 is 2.08 bits per heavy atom. The molecule has 0 aliphatic rings. The van der Waals surface area contributed by atoms with Crippen molar-refractivity contribution in [2.75, 3.05) is 0 Å². The highest BCUT2D eigenvalue weighted by atomic mass is 35.5. The maximum absolute atomic E-state index is 11.0. The van der Waals surface area contributed by atoms with Crippen LogP contribution in [0.5, 0.6) is 0 Å². The summed E-state index contributed by atoms with van der Waals surface area (Å²) in [6.07, 6.45) is 0. The van der Waals surface area contributed by atoms with Gasteiger partial charge in [0.25, 0.3) is 15.1 Å². The molecule has 13 heavy (non-hydrogen) atoms. The third-order valence-corrected chi connectivity index (χ3v) is 2.34. The number of sulfonamides is 1. The third kappa shape index (κ3) is 2.51. The summed E-state index contributed by atoms with van der Waals surface area (Å²) in [6, 6.07) is 5.43. The summed E-state index contributed by atoms with van der Waals surface area (Å²) >= 11 is 5.54. The van der Waals surface area contributed by atoms with Crippen LogP contribution in [-0.4, -0.2) is 13.5 Å². The Hall–Kier alpha value is -0.910. The van der Waals surface area contributed by atoms with Crippen molar-refractivity contribution in [2.45, 2.75) is 0 Å². The van der Waals surface area contributed by atoms with E-state index in [1.54, 1.807) is 0 Å². The van der Waals surface area contributed by atoms with Crippen LogP contribution >= 0.6 is 11.6 Å². The van der Waals surface area contributed by atoms with Gasteiger partial charge in [-0.1, -0.05) is 11.6 Å². The first-order valence-electron chi connectivity index (χ1n) is 3.24. The molecule has 1 aromatic rings. The number of carbonyl (C=O) groups is 1. The van der Waals surface area contributed by atoms with Gasteiger partial charge in [-0.3, -0.25) is 4.79 Å². The molecule has 1 aromatic carbocycles. The Kier molecular flexibility index (Phi) is 2.70. The number of rotatable bonds is 1. The smallest absolute Gasteiger partial charge is 0.274 e. The van der Waals surface area contributed by atoms with Crippen LogP contribution in [0.1, 0.15) is 10.4 Å². The van der Waals surface area contributed by atoms with Gasteiger partial charge in [0.1, 0.15) is 0 Å². The monoisotopic (exact) mass is 219 g/mol. The second kappa shape index (κ2) is 3.45. The number of carbonyl (C=O) groups excluding carboxylic acids is 1. The lowest BCUT2D eigenvalue weighted by Crippen LogP contribution is -2.23. The van der Waals surface area contributed by atoms with Crippen LogP contribution in [0.4, 0.5) is 0 Å². The maximum Gasteiger partial charge on any atom is 0.291 e. The second-order valence-electron chi connectivity index (χ2n) is 2.34. The molecule has 0 fully saturated rings. The molecule has 0 spiro atoms. The topological polar surface area (TPSA) is 77.2 Å². The summed E-state index contributed by atoms with van der Waals surface area (Å²) < 4.78 is 21.2. The minimum atomic E-state index is -4.15. The molecule has 0 radical (unpaired) electrons. The molecule has 0 aliphatic heterocycles. The van der Waals surface area contributed by atoms with Crippen LogP contribution in [0.3, 0.4) is 0 Å². The third-order valence-electron chi connectivity index (χ3n) is 1.34. The van der Waals surface area contributed by atoms with Gasteiger partial charge in [-0.05, 0) is 24.3 Å². The number of hydrogen-bond donors (Lipinski definition) is 1. The average Bonchev–Trinajstić information content (AvgIpc) is 2.03. The van der Waals surface area contributed by atoms with Gasteiger partial charge < -0.3 is 0 Å². The Morgan fingerprint density at radius 2 is 1.69 bits per heavy atom. The zero-order chi connectivity index (χ0) is 10.1. The van der Waals surface area contributed by atoms with E-state index in [1.165, 1.54) is 24.3 Å². The molecule has 70 valence electrons. The van der Waals surface area contributed by atoms with Gasteiger partial charge in [0.15, 0.2) is 0 Å². The average molecular weight is 220 g/mol. The number of nitrogens with two attached hydrogens (primary N) is 1. The van der Waals surface area contributed by atoms with Crippen LogP contribution in [0.2, 0.25) is 5.02 Å². The lowest BCUT2D eigenvalue weighted by molar-refractivity contribution is 0.107. The van der Waals surface area contributed by atoms with Crippen LogP contribution in [0, 0.1) is 0 Å². The van der Waals surface area contributed by atoms with Crippen LogP contribution in [0.15, 0.2) is 24.3 Å². The van der Waals surface area contributed by atoms with E-state index in [-0.39, 0.29) is 5.56 Å². The Balaban J connectivity index is 3.12. The van der Waals surface area contributed by atoms with Crippen LogP contribution in [0.25, 0.3) is 0 Å². The summed E-state index contributed by atoms with van der Waals surface area (Å²) in [7, 11) is -4.15. The number of primary sulfonamides is 1. The Morgan fingerprint density at radius 1 is 1.23 bits per heavy atom. The summed E-state index contributed by atoms with van der Waals surface area (Å²) in [4.78, 5) is 11.0. The van der Waals surface area contributed by atoms with E-state index in [2.05, 4.69) is 5.14 Å². The summed E-state index contributed by atoms with van der Waals surface area (Å²) in [5.74, 6) is 0. The first-order chi connectivity index (χ1) is 5.91. The molecule has 0 heterocycles. The SMILES string of the molecule is NS(=O)(=O)C(=O)c1ccc(Cl)cc1. The fourth-order valence-corrected chi connectivity index (χ4v) is 1.34. The predicted molar refractivity (Wildman–Crippen MR) is 48.9 cm³/mol. The molecule has 1 rings (SSSR count). The van der Waals surface area contributed by atoms with Gasteiger partial charge >= 0.3 is 0 Å². The van der Waals surface area contributed by atoms with Crippen molar-refractivity contribution in [3.8, 4) is 0 Å². The van der Waals surface area contributed by atoms with E-state index >= 15 is 0 Å². The van der Waals surface area contributed by atoms with E-state index in [1.807, 2.05) is 0 Å². The van der Waals surface area contributed by atoms with Crippen LogP contribution in [-0.2, 0) is 10.0 Å². The zero-order valence-electron chi connectivity index (χ0n) is 6.40. The molecule has 0 amide bonds. The Labute approximate surface area is 80.4 Å². The van der Waals surface area contributed by atoms with Crippen molar-refractivity contribution in [3.63, 3.8) is 0 Å². The summed E-state index contributed by atoms with van der Waals surface area (Å²) in [5, 5.41) is 3.95. The fourth-order valence-electron chi connectivity index (χ4n) is 0.750. The first-order valence-corrected chi connectivity index (χ1v) is 5.16. The highest BCUT2D eigenvalue weighted by molar-refractivity contribution is 8.04. The van der Waals surface area contributed by atoms with Crippen molar-refractivity contribution in [3.05, 3.63) is 34.9 Å². The Bertz CT molecular complexity index is 424. The largest absolute Gasteiger partial charge is 0.291 e. The molecule has 2 N–H and O–H groups in total. The van der Waals surface area contributed by atoms with E-state index in [4.69, 9.17) is 11.6 Å². The fraction of sp³-hybridized carbons (Fsp3) is 0. The number of benzene rings is 1. The molecule has 0 aromatic heterocycles. The van der Waals surface area contributed by atoms with Gasteiger partial charge in [0.05, 0.1) is 0 Å². The van der Waals surface area contributed by atoms with E-state index in [0.29, 0.717) is 5.02 Å². The number of halogens is 1. The normalized spacial score (nSPS) is 11.2. The molecule has 4 nitrogen and oxygen atoms in total. The van der Waals surface area contributed by atoms with Crippen molar-refractivity contribution in [1.82, 2.24) is 0 Å². The molecule has 0 unspecified atom stereocenters. The molecule has 0 atom stereocenters. The highest BCUT2D eigenvalue weighted by Gasteiger charge is 2.18. The van der Waals surface area contributed by atoms with Gasteiger partial charge in [-0.25, -0.2) is 13.6 Å². The van der Waals surface area contributed by atoms with Gasteiger partial charge in [0, 0.05) is 10.6 Å². The van der Waals surface area contributed by atoms with Crippen molar-refractivity contribution < 1.29 is 13.2 Å². The predicted octanol–water partition coefficient (Wildman–Crippen LogP) is 0.769. The molecular weight excluding hydrogens is 214 g/mol. The summed E-state index contributed by atoms with van der Waals surface area (Å²) in [6.45, 7) is 0. The lowest BCUT2D eigenvalue weighted by Gasteiger charge is -1.97. The highest BCUT2D eigenvalue weighted by Crippen LogP contribution is 2.10. The van der Waals surface area contributed by atoms with Gasteiger partial charge in [-0.2, -0.15) is 0 Å². The molecule has 6 heteroatoms. The second-order valence-corrected chi connectivity index (χ2v) is 4.24. The molecular formula is C7H6ClNO3S. The molecule has 0 aliphatic carbocycles. The zero-order valence-corrected chi connectivity index (χ0v) is 7.97. The molecule has 0 saturated carbocycles. The number of hydrogen-bond acceptors (Lipinski definition) is 3. The van der Waals surface area contributed by atoms with E-state index in [9.17, 15) is 13.2 Å². The van der Waals surface area contributed by atoms with E-state index in [0.717, 1.165) is 0 Å². The summed E-state index contributed by atoms with van der Waals surface area (Å²) in [5.41, 5.74) is 0.00639. The standard InChI is InChI=1S/C7H6ClNO3S/c8-6-3-1-5(2-4-6)7(10)13(9,11)12/h1-4H,(H2,9,11,12). The maximum atomic E-state index is 11.0. The lowest BCUT2D eigenvalue weighted by atomic mass is 10.2. The minimum absolute atomic E-state index is 0.00639. The van der Waals surface area contributed by atoms with Crippen molar-refractivity contribution >= 4 is 26.7 Å². The quantitative estimate of drug-likeness (QED) is 0.758. The molecule has 0 bridgehead atoms. The first kappa shape index (κ1) is 10.2. The van der Waals surface area contributed by atoms with Crippen LogP contribution < -0.4 is 5.14 Å². The van der Waals surface area contributed by atoms with Gasteiger partial charge in [-0.15, -0.1) is 0 Å². The van der Waals surface area contributed by atoms with Crippen molar-refractivity contribution in [1.29, 1.82) is 0 Å². The molecule has 0 saturated heterocycles. The minimum Gasteiger partial charge on any atom is -0.274 e. The van der Waals surface area contributed by atoms with Gasteiger partial charge in [0.2, 0.25) is 0 Å². The van der Waals surface area contributed by atoms with Crippen molar-refractivity contribution in [2.24, 2.45) is 5.14 Å². The van der Waals surface area contributed by atoms with E-state index < -0.39 is 15.1 Å².